The predicted molar refractivity (Wildman–Crippen MR) is 103 cm³/mol. The molecule has 1 aliphatic carbocycles. The van der Waals surface area contributed by atoms with E-state index in [1.807, 2.05) is 24.3 Å². The summed E-state index contributed by atoms with van der Waals surface area (Å²) in [4.78, 5) is 19.7. The summed E-state index contributed by atoms with van der Waals surface area (Å²) in [5, 5.41) is 0. The van der Waals surface area contributed by atoms with E-state index in [1.165, 1.54) is 5.57 Å². The lowest BCUT2D eigenvalue weighted by atomic mass is 9.96. The molecule has 1 saturated carbocycles. The summed E-state index contributed by atoms with van der Waals surface area (Å²) < 4.78 is 5.93. The fourth-order valence-electron chi connectivity index (χ4n) is 4.43. The SMILES string of the molecule is CC(C)=CC1C(C(=O)N2CCC(c3nc4ccccc4o3)CC2)C1(C)C. The van der Waals surface area contributed by atoms with Gasteiger partial charge in [-0.25, -0.2) is 4.98 Å². The van der Waals surface area contributed by atoms with Gasteiger partial charge in [-0.15, -0.1) is 0 Å². The van der Waals surface area contributed by atoms with Gasteiger partial charge in [0, 0.05) is 19.0 Å². The standard InChI is InChI=1S/C22H28N2O2/c1-14(2)13-16-19(22(16,3)4)21(25)24-11-9-15(10-12-24)20-23-17-7-5-6-8-18(17)26-20/h5-8,13,15-16,19H,9-12H2,1-4H3. The van der Waals surface area contributed by atoms with E-state index >= 15 is 0 Å². The number of benzene rings is 1. The molecule has 2 fully saturated rings. The molecule has 1 saturated heterocycles. The number of aromatic nitrogens is 1. The van der Waals surface area contributed by atoms with Gasteiger partial charge < -0.3 is 9.32 Å². The fourth-order valence-corrected chi connectivity index (χ4v) is 4.43. The molecule has 1 aromatic carbocycles. The third-order valence-electron chi connectivity index (χ3n) is 6.16. The summed E-state index contributed by atoms with van der Waals surface area (Å²) in [6.45, 7) is 10.3. The normalized spacial score (nSPS) is 25.3. The van der Waals surface area contributed by atoms with E-state index in [2.05, 4.69) is 43.7 Å². The van der Waals surface area contributed by atoms with Gasteiger partial charge in [0.15, 0.2) is 11.5 Å². The van der Waals surface area contributed by atoms with Crippen LogP contribution in [0.15, 0.2) is 40.3 Å². The maximum absolute atomic E-state index is 13.0. The summed E-state index contributed by atoms with van der Waals surface area (Å²) in [5.74, 6) is 1.99. The van der Waals surface area contributed by atoms with Gasteiger partial charge >= 0.3 is 0 Å². The van der Waals surface area contributed by atoms with Crippen molar-refractivity contribution in [2.24, 2.45) is 17.3 Å². The number of amides is 1. The van der Waals surface area contributed by atoms with E-state index in [1.54, 1.807) is 0 Å². The van der Waals surface area contributed by atoms with Gasteiger partial charge in [-0.2, -0.15) is 0 Å². The molecule has 1 aromatic heterocycles. The first-order valence-corrected chi connectivity index (χ1v) is 9.67. The lowest BCUT2D eigenvalue weighted by molar-refractivity contribution is -0.134. The molecule has 0 spiro atoms. The minimum atomic E-state index is 0.0888. The van der Waals surface area contributed by atoms with Crippen LogP contribution in [0.1, 0.15) is 52.3 Å². The van der Waals surface area contributed by atoms with Crippen molar-refractivity contribution >= 4 is 17.0 Å². The van der Waals surface area contributed by atoms with Gasteiger partial charge in [0.1, 0.15) is 5.52 Å². The van der Waals surface area contributed by atoms with Gasteiger partial charge in [0.2, 0.25) is 5.91 Å². The van der Waals surface area contributed by atoms with E-state index in [0.29, 0.717) is 17.7 Å². The number of carbonyl (C=O) groups is 1. The van der Waals surface area contributed by atoms with Crippen LogP contribution in [0.25, 0.3) is 11.1 Å². The Morgan fingerprint density at radius 3 is 2.58 bits per heavy atom. The summed E-state index contributed by atoms with van der Waals surface area (Å²) in [6.07, 6.45) is 4.13. The zero-order valence-corrected chi connectivity index (χ0v) is 16.2. The molecule has 2 aliphatic rings. The lowest BCUT2D eigenvalue weighted by Gasteiger charge is -2.31. The number of piperidine rings is 1. The van der Waals surface area contributed by atoms with E-state index < -0.39 is 0 Å². The van der Waals surface area contributed by atoms with Gasteiger partial charge in [-0.3, -0.25) is 4.79 Å². The van der Waals surface area contributed by atoms with Gasteiger partial charge in [-0.1, -0.05) is 37.6 Å². The monoisotopic (exact) mass is 352 g/mol. The van der Waals surface area contributed by atoms with Crippen LogP contribution in [-0.2, 0) is 4.79 Å². The first-order chi connectivity index (χ1) is 12.4. The Balaban J connectivity index is 1.40. The molecule has 2 atom stereocenters. The van der Waals surface area contributed by atoms with Crippen molar-refractivity contribution < 1.29 is 9.21 Å². The van der Waals surface area contributed by atoms with Crippen molar-refractivity contribution in [3.8, 4) is 0 Å². The van der Waals surface area contributed by atoms with E-state index in [0.717, 1.165) is 42.9 Å². The Morgan fingerprint density at radius 1 is 1.23 bits per heavy atom. The Labute approximate surface area is 155 Å². The average molecular weight is 352 g/mol. The summed E-state index contributed by atoms with van der Waals surface area (Å²) in [5.41, 5.74) is 3.16. The molecule has 4 nitrogen and oxygen atoms in total. The predicted octanol–water partition coefficient (Wildman–Crippen LogP) is 4.77. The molecule has 4 rings (SSSR count). The minimum absolute atomic E-state index is 0.0888. The maximum atomic E-state index is 13.0. The van der Waals surface area contributed by atoms with Crippen LogP contribution in [-0.4, -0.2) is 28.9 Å². The highest BCUT2D eigenvalue weighted by atomic mass is 16.3. The second kappa shape index (κ2) is 6.26. The fraction of sp³-hybridized carbons (Fsp3) is 0.545. The van der Waals surface area contributed by atoms with Crippen LogP contribution in [0.5, 0.6) is 0 Å². The maximum Gasteiger partial charge on any atom is 0.226 e. The molecule has 1 aliphatic heterocycles. The van der Waals surface area contributed by atoms with Crippen LogP contribution in [0.4, 0.5) is 0 Å². The highest BCUT2D eigenvalue weighted by Crippen LogP contribution is 2.60. The molecule has 4 heteroatoms. The van der Waals surface area contributed by atoms with Crippen LogP contribution in [0.3, 0.4) is 0 Å². The van der Waals surface area contributed by atoms with Gasteiger partial charge in [0.05, 0.1) is 5.92 Å². The largest absolute Gasteiger partial charge is 0.440 e. The van der Waals surface area contributed by atoms with Crippen molar-refractivity contribution in [2.45, 2.75) is 46.5 Å². The van der Waals surface area contributed by atoms with Crippen LogP contribution >= 0.6 is 0 Å². The van der Waals surface area contributed by atoms with Crippen LogP contribution in [0, 0.1) is 17.3 Å². The first kappa shape index (κ1) is 17.3. The molecule has 2 aromatic rings. The Morgan fingerprint density at radius 2 is 1.92 bits per heavy atom. The third kappa shape index (κ3) is 2.95. The number of fused-ring (bicyclic) bond motifs is 1. The number of nitrogens with zero attached hydrogens (tertiary/aromatic N) is 2. The number of oxazole rings is 1. The second-order valence-electron chi connectivity index (χ2n) is 8.69. The molecule has 26 heavy (non-hydrogen) atoms. The smallest absolute Gasteiger partial charge is 0.226 e. The first-order valence-electron chi connectivity index (χ1n) is 9.67. The molecule has 2 unspecified atom stereocenters. The number of rotatable bonds is 3. The Bertz CT molecular complexity index is 819. The average Bonchev–Trinajstić information content (AvgIpc) is 2.96. The summed E-state index contributed by atoms with van der Waals surface area (Å²) in [6, 6.07) is 7.90. The molecule has 2 heterocycles. The Kier molecular flexibility index (Phi) is 4.17. The number of hydrogen-bond donors (Lipinski definition) is 0. The van der Waals surface area contributed by atoms with Crippen molar-refractivity contribution in [2.75, 3.05) is 13.1 Å². The lowest BCUT2D eigenvalue weighted by Crippen LogP contribution is -2.39. The molecular formula is C22H28N2O2. The van der Waals surface area contributed by atoms with Gasteiger partial charge in [-0.05, 0) is 50.2 Å². The van der Waals surface area contributed by atoms with Crippen molar-refractivity contribution in [3.05, 3.63) is 41.8 Å². The molecule has 0 bridgehead atoms. The molecule has 1 amide bonds. The van der Waals surface area contributed by atoms with Crippen LogP contribution < -0.4 is 0 Å². The number of para-hydroxylation sites is 2. The molecule has 138 valence electrons. The van der Waals surface area contributed by atoms with Crippen molar-refractivity contribution in [1.29, 1.82) is 0 Å². The zero-order chi connectivity index (χ0) is 18.5. The summed E-state index contributed by atoms with van der Waals surface area (Å²) in [7, 11) is 0. The number of hydrogen-bond acceptors (Lipinski definition) is 3. The molecular weight excluding hydrogens is 324 g/mol. The highest BCUT2D eigenvalue weighted by Gasteiger charge is 2.61. The number of allylic oxidation sites excluding steroid dienone is 2. The highest BCUT2D eigenvalue weighted by molar-refractivity contribution is 5.84. The van der Waals surface area contributed by atoms with Crippen molar-refractivity contribution in [3.63, 3.8) is 0 Å². The third-order valence-corrected chi connectivity index (χ3v) is 6.16. The van der Waals surface area contributed by atoms with E-state index in [9.17, 15) is 4.79 Å². The topological polar surface area (TPSA) is 46.3 Å². The molecule has 0 N–H and O–H groups in total. The second-order valence-corrected chi connectivity index (χ2v) is 8.69. The van der Waals surface area contributed by atoms with E-state index in [4.69, 9.17) is 4.42 Å². The number of carbonyl (C=O) groups excluding carboxylic acids is 1. The van der Waals surface area contributed by atoms with Crippen LogP contribution in [0.2, 0.25) is 0 Å². The van der Waals surface area contributed by atoms with E-state index in [-0.39, 0.29) is 11.3 Å². The van der Waals surface area contributed by atoms with Gasteiger partial charge in [0.25, 0.3) is 0 Å². The van der Waals surface area contributed by atoms with Crippen molar-refractivity contribution in [1.82, 2.24) is 9.88 Å². The summed E-state index contributed by atoms with van der Waals surface area (Å²) >= 11 is 0. The zero-order valence-electron chi connectivity index (χ0n) is 16.2. The number of likely N-dealkylation sites (tertiary alicyclic amines) is 1. The minimum Gasteiger partial charge on any atom is -0.440 e. The quantitative estimate of drug-likeness (QED) is 0.747. The molecule has 0 radical (unpaired) electrons. The Hall–Kier alpha value is -2.10.